The van der Waals surface area contributed by atoms with Gasteiger partial charge in [0.2, 0.25) is 0 Å². The van der Waals surface area contributed by atoms with Crippen molar-refractivity contribution in [1.82, 2.24) is 0 Å². The average Bonchev–Trinajstić information content (AvgIpc) is 2.24. The zero-order valence-electron chi connectivity index (χ0n) is 8.56. The molecule has 0 bridgehead atoms. The van der Waals surface area contributed by atoms with Crippen LogP contribution in [0.2, 0.25) is 5.02 Å². The second-order valence-corrected chi connectivity index (χ2v) is 3.73. The zero-order valence-corrected chi connectivity index (χ0v) is 10.1. The summed E-state index contributed by atoms with van der Waals surface area (Å²) in [6.45, 7) is -0.793. The van der Waals surface area contributed by atoms with Crippen molar-refractivity contribution < 1.29 is 22.6 Å². The second kappa shape index (κ2) is 6.33. The van der Waals surface area contributed by atoms with Crippen molar-refractivity contribution >= 4 is 23.2 Å². The Morgan fingerprint density at radius 1 is 1.18 bits per heavy atom. The van der Waals surface area contributed by atoms with Gasteiger partial charge in [-0.2, -0.15) is 0 Å². The first-order chi connectivity index (χ1) is 7.92. The highest BCUT2D eigenvalue weighted by atomic mass is 35.5. The number of halogens is 5. The van der Waals surface area contributed by atoms with E-state index in [9.17, 15) is 13.2 Å². The van der Waals surface area contributed by atoms with Crippen LogP contribution in [0.4, 0.5) is 13.2 Å². The van der Waals surface area contributed by atoms with Crippen LogP contribution in [0.5, 0.6) is 5.75 Å². The molecule has 0 aromatic heterocycles. The normalized spacial score (nSPS) is 11.6. The Hall–Kier alpha value is -0.650. The number of hydrogen-bond donors (Lipinski definition) is 0. The molecule has 7 heteroatoms. The van der Waals surface area contributed by atoms with Crippen molar-refractivity contribution in [2.75, 3.05) is 13.2 Å². The van der Waals surface area contributed by atoms with Gasteiger partial charge in [-0.3, -0.25) is 4.74 Å². The van der Waals surface area contributed by atoms with E-state index < -0.39 is 13.0 Å². The quantitative estimate of drug-likeness (QED) is 0.602. The number of hydrogen-bond acceptors (Lipinski definition) is 2. The molecular formula is C10H9Cl2F3O2. The minimum absolute atomic E-state index is 0.163. The molecule has 0 saturated carbocycles. The molecule has 0 heterocycles. The maximum absolute atomic E-state index is 11.7. The van der Waals surface area contributed by atoms with Gasteiger partial charge < -0.3 is 4.74 Å². The van der Waals surface area contributed by atoms with Crippen molar-refractivity contribution in [3.05, 3.63) is 28.8 Å². The fourth-order valence-corrected chi connectivity index (χ4v) is 1.51. The Kier molecular flexibility index (Phi) is 5.36. The first kappa shape index (κ1) is 14.4. The highest BCUT2D eigenvalue weighted by molar-refractivity contribution is 6.30. The maximum atomic E-state index is 11.7. The van der Waals surface area contributed by atoms with Crippen molar-refractivity contribution in [1.29, 1.82) is 0 Å². The summed E-state index contributed by atoms with van der Waals surface area (Å²) < 4.78 is 43.7. The van der Waals surface area contributed by atoms with Gasteiger partial charge in [0, 0.05) is 10.6 Å². The van der Waals surface area contributed by atoms with Crippen LogP contribution in [0.1, 0.15) is 5.56 Å². The molecule has 0 unspecified atom stereocenters. The van der Waals surface area contributed by atoms with Crippen LogP contribution in [0.15, 0.2) is 18.2 Å². The molecular weight excluding hydrogens is 280 g/mol. The molecule has 1 aromatic carbocycles. The Balaban J connectivity index is 2.46. The molecule has 0 aliphatic rings. The lowest BCUT2D eigenvalue weighted by atomic mass is 10.2. The van der Waals surface area contributed by atoms with E-state index in [1.807, 2.05) is 0 Å². The first-order valence-corrected chi connectivity index (χ1v) is 5.51. The van der Waals surface area contributed by atoms with E-state index in [4.69, 9.17) is 27.9 Å². The van der Waals surface area contributed by atoms with E-state index in [1.165, 1.54) is 0 Å². The van der Waals surface area contributed by atoms with Gasteiger partial charge in [0.15, 0.2) is 0 Å². The van der Waals surface area contributed by atoms with Gasteiger partial charge in [-0.05, 0) is 18.2 Å². The molecule has 0 radical (unpaired) electrons. The number of rotatable bonds is 5. The molecule has 0 aliphatic heterocycles. The van der Waals surface area contributed by atoms with E-state index in [1.54, 1.807) is 18.2 Å². The van der Waals surface area contributed by atoms with Gasteiger partial charge in [-0.1, -0.05) is 11.6 Å². The summed E-state index contributed by atoms with van der Waals surface area (Å²) >= 11 is 11.4. The number of ether oxygens (including phenoxy) is 2. The van der Waals surface area contributed by atoms with Gasteiger partial charge in [0.25, 0.3) is 0 Å². The fraction of sp³-hybridized carbons (Fsp3) is 0.400. The number of benzene rings is 1. The maximum Gasteiger partial charge on any atom is 0.522 e. The smallest absolute Gasteiger partial charge is 0.491 e. The molecule has 0 atom stereocenters. The summed E-state index contributed by atoms with van der Waals surface area (Å²) in [4.78, 5) is 0. The fourth-order valence-electron chi connectivity index (χ4n) is 1.10. The molecule has 0 amide bonds. The topological polar surface area (TPSA) is 18.5 Å². The molecule has 1 aromatic rings. The zero-order chi connectivity index (χ0) is 12.9. The van der Waals surface area contributed by atoms with Crippen molar-refractivity contribution in [3.8, 4) is 5.75 Å². The Labute approximate surface area is 106 Å². The van der Waals surface area contributed by atoms with E-state index in [0.29, 0.717) is 16.3 Å². The predicted molar refractivity (Wildman–Crippen MR) is 58.5 cm³/mol. The lowest BCUT2D eigenvalue weighted by molar-refractivity contribution is -0.325. The van der Waals surface area contributed by atoms with E-state index in [2.05, 4.69) is 4.74 Å². The Bertz CT molecular complexity index is 369. The molecule has 0 saturated heterocycles. The van der Waals surface area contributed by atoms with Crippen LogP contribution >= 0.6 is 23.2 Å². The third-order valence-electron chi connectivity index (χ3n) is 1.77. The molecule has 0 spiro atoms. The summed E-state index contributed by atoms with van der Waals surface area (Å²) in [5, 5.41) is 0.486. The summed E-state index contributed by atoms with van der Waals surface area (Å²) in [6.07, 6.45) is -4.64. The molecule has 0 aliphatic carbocycles. The van der Waals surface area contributed by atoms with Gasteiger partial charge in [0.1, 0.15) is 12.4 Å². The molecule has 0 N–H and O–H groups in total. The molecule has 17 heavy (non-hydrogen) atoms. The van der Waals surface area contributed by atoms with Crippen LogP contribution in [0.3, 0.4) is 0 Å². The Morgan fingerprint density at radius 2 is 1.88 bits per heavy atom. The van der Waals surface area contributed by atoms with E-state index in [-0.39, 0.29) is 12.5 Å². The van der Waals surface area contributed by atoms with Crippen LogP contribution in [-0.2, 0) is 10.6 Å². The summed E-state index contributed by atoms with van der Waals surface area (Å²) in [6, 6.07) is 4.71. The summed E-state index contributed by atoms with van der Waals surface area (Å²) in [5.41, 5.74) is 0.617. The van der Waals surface area contributed by atoms with Gasteiger partial charge >= 0.3 is 6.36 Å². The number of alkyl halides is 4. The first-order valence-electron chi connectivity index (χ1n) is 4.60. The SMILES string of the molecule is FC(F)(F)OCCOc1ccc(Cl)cc1CCl. The van der Waals surface area contributed by atoms with Gasteiger partial charge in [-0.25, -0.2) is 0 Å². The minimum Gasteiger partial charge on any atom is -0.491 e. The third kappa shape index (κ3) is 5.48. The van der Waals surface area contributed by atoms with Crippen molar-refractivity contribution in [2.45, 2.75) is 12.2 Å². The van der Waals surface area contributed by atoms with E-state index >= 15 is 0 Å². The highest BCUT2D eigenvalue weighted by Gasteiger charge is 2.28. The van der Waals surface area contributed by atoms with Crippen molar-refractivity contribution in [2.24, 2.45) is 0 Å². The second-order valence-electron chi connectivity index (χ2n) is 3.03. The standard InChI is InChI=1S/C10H9Cl2F3O2/c11-6-7-5-8(12)1-2-9(7)16-3-4-17-10(13,14)15/h1-2,5H,3-4,6H2. The summed E-state index contributed by atoms with van der Waals surface area (Å²) in [7, 11) is 0. The third-order valence-corrected chi connectivity index (χ3v) is 2.30. The lowest BCUT2D eigenvalue weighted by Gasteiger charge is -2.11. The molecule has 1 rings (SSSR count). The highest BCUT2D eigenvalue weighted by Crippen LogP contribution is 2.24. The molecule has 0 fully saturated rings. The van der Waals surface area contributed by atoms with Crippen LogP contribution in [0.25, 0.3) is 0 Å². The molecule has 2 nitrogen and oxygen atoms in total. The predicted octanol–water partition coefficient (Wildman–Crippen LogP) is 3.99. The van der Waals surface area contributed by atoms with Crippen LogP contribution in [-0.4, -0.2) is 19.6 Å². The summed E-state index contributed by atoms with van der Waals surface area (Å²) in [5.74, 6) is 0.561. The monoisotopic (exact) mass is 288 g/mol. The van der Waals surface area contributed by atoms with Gasteiger partial charge in [0.05, 0.1) is 12.5 Å². The molecule has 96 valence electrons. The largest absolute Gasteiger partial charge is 0.522 e. The van der Waals surface area contributed by atoms with Gasteiger partial charge in [-0.15, -0.1) is 24.8 Å². The Morgan fingerprint density at radius 3 is 2.47 bits per heavy atom. The average molecular weight is 289 g/mol. The lowest BCUT2D eigenvalue weighted by Crippen LogP contribution is -2.18. The van der Waals surface area contributed by atoms with Crippen LogP contribution in [0, 0.1) is 0 Å². The van der Waals surface area contributed by atoms with Crippen molar-refractivity contribution in [3.63, 3.8) is 0 Å². The van der Waals surface area contributed by atoms with E-state index in [0.717, 1.165) is 0 Å². The van der Waals surface area contributed by atoms with Crippen LogP contribution < -0.4 is 4.74 Å². The minimum atomic E-state index is -4.64.